The molecule has 9 heteroatoms. The number of aromatic nitrogens is 2. The van der Waals surface area contributed by atoms with Crippen molar-refractivity contribution in [3.8, 4) is 11.4 Å². The second-order valence-electron chi connectivity index (χ2n) is 8.68. The van der Waals surface area contributed by atoms with Crippen molar-refractivity contribution in [3.63, 3.8) is 0 Å². The fraction of sp³-hybridized carbons (Fsp3) is 0.222. The Morgan fingerprint density at radius 3 is 2.28 bits per heavy atom. The Morgan fingerprint density at radius 1 is 0.944 bits per heavy atom. The van der Waals surface area contributed by atoms with Crippen molar-refractivity contribution < 1.29 is 14.2 Å². The zero-order valence-corrected chi connectivity index (χ0v) is 19.8. The van der Waals surface area contributed by atoms with Gasteiger partial charge in [0.25, 0.3) is 5.69 Å². The Morgan fingerprint density at radius 2 is 1.61 bits per heavy atom. The van der Waals surface area contributed by atoms with Gasteiger partial charge in [0.05, 0.1) is 11.0 Å². The summed E-state index contributed by atoms with van der Waals surface area (Å²) >= 11 is 0. The summed E-state index contributed by atoms with van der Waals surface area (Å²) in [6, 6.07) is 23.1. The molecule has 1 aliphatic heterocycles. The molecule has 0 radical (unpaired) electrons. The molecule has 0 saturated carbocycles. The van der Waals surface area contributed by atoms with Crippen LogP contribution in [0.4, 0.5) is 11.4 Å². The lowest BCUT2D eigenvalue weighted by Crippen LogP contribution is -2.47. The maximum atomic E-state index is 12.8. The molecule has 0 unspecified atom stereocenters. The van der Waals surface area contributed by atoms with Crippen molar-refractivity contribution >= 4 is 17.2 Å². The number of nitro groups is 1. The van der Waals surface area contributed by atoms with Gasteiger partial charge in [-0.1, -0.05) is 65.8 Å². The van der Waals surface area contributed by atoms with E-state index in [2.05, 4.69) is 15.0 Å². The van der Waals surface area contributed by atoms with E-state index >= 15 is 0 Å². The summed E-state index contributed by atoms with van der Waals surface area (Å²) in [5.74, 6) is 0.854. The number of nitro benzene ring substituents is 1. The van der Waals surface area contributed by atoms with E-state index in [1.54, 1.807) is 36.4 Å². The highest BCUT2D eigenvalue weighted by Crippen LogP contribution is 2.32. The van der Waals surface area contributed by atoms with Gasteiger partial charge < -0.3 is 9.42 Å². The van der Waals surface area contributed by atoms with Crippen LogP contribution in [0.3, 0.4) is 0 Å². The fourth-order valence-corrected chi connectivity index (χ4v) is 4.45. The van der Waals surface area contributed by atoms with E-state index in [1.807, 2.05) is 48.2 Å². The SMILES string of the molecule is C[C@H](c1nc(-c2ccccc2)no1)N1CCN(c2ccc(C(=O)c3ccccc3)cc2[N+](=O)[O-])CC1. The molecular weight excluding hydrogens is 458 g/mol. The van der Waals surface area contributed by atoms with Crippen LogP contribution in [0.1, 0.15) is 34.8 Å². The van der Waals surface area contributed by atoms with E-state index in [-0.39, 0.29) is 17.5 Å². The van der Waals surface area contributed by atoms with Crippen LogP contribution < -0.4 is 4.90 Å². The van der Waals surface area contributed by atoms with Gasteiger partial charge in [0, 0.05) is 48.9 Å². The Bertz CT molecular complexity index is 1370. The molecule has 0 aliphatic carbocycles. The van der Waals surface area contributed by atoms with Gasteiger partial charge >= 0.3 is 0 Å². The molecule has 1 aromatic heterocycles. The lowest BCUT2D eigenvalue weighted by Gasteiger charge is -2.37. The molecule has 0 spiro atoms. The number of hydrogen-bond acceptors (Lipinski definition) is 8. The van der Waals surface area contributed by atoms with Gasteiger partial charge in [-0.25, -0.2) is 0 Å². The molecule has 4 aromatic rings. The Labute approximate surface area is 208 Å². The maximum Gasteiger partial charge on any atom is 0.293 e. The minimum absolute atomic E-state index is 0.0670. The van der Waals surface area contributed by atoms with Crippen LogP contribution in [0.25, 0.3) is 11.4 Å². The second-order valence-corrected chi connectivity index (χ2v) is 8.68. The van der Waals surface area contributed by atoms with Gasteiger partial charge in [0.15, 0.2) is 5.78 Å². The van der Waals surface area contributed by atoms with Gasteiger partial charge in [0.1, 0.15) is 5.69 Å². The van der Waals surface area contributed by atoms with Crippen molar-refractivity contribution in [2.75, 3.05) is 31.1 Å². The molecule has 1 fully saturated rings. The standard InChI is InChI=1S/C27H25N5O4/c1-19(27-28-26(29-36-27)21-10-6-3-7-11-21)30-14-16-31(17-15-30)23-13-12-22(18-24(23)32(34)35)25(33)20-8-4-2-5-9-20/h2-13,18-19H,14-17H2,1H3/t19-/m1/s1. The zero-order valence-electron chi connectivity index (χ0n) is 19.8. The molecule has 5 rings (SSSR count). The topological polar surface area (TPSA) is 106 Å². The normalized spacial score (nSPS) is 15.0. The number of anilines is 1. The average molecular weight is 484 g/mol. The number of carbonyl (C=O) groups excluding carboxylic acids is 1. The van der Waals surface area contributed by atoms with Gasteiger partial charge in [-0.3, -0.25) is 19.8 Å². The Balaban J connectivity index is 1.28. The number of nitrogens with zero attached hydrogens (tertiary/aromatic N) is 5. The first-order chi connectivity index (χ1) is 17.5. The van der Waals surface area contributed by atoms with E-state index in [4.69, 9.17) is 4.52 Å². The van der Waals surface area contributed by atoms with E-state index in [0.29, 0.717) is 54.7 Å². The van der Waals surface area contributed by atoms with Crippen molar-refractivity contribution in [2.24, 2.45) is 0 Å². The molecule has 0 N–H and O–H groups in total. The number of hydrogen-bond donors (Lipinski definition) is 0. The Kier molecular flexibility index (Phi) is 6.55. The summed E-state index contributed by atoms with van der Waals surface area (Å²) in [6.45, 7) is 4.55. The van der Waals surface area contributed by atoms with E-state index < -0.39 is 4.92 Å². The third kappa shape index (κ3) is 4.73. The average Bonchev–Trinajstić information content (AvgIpc) is 3.43. The molecule has 1 aliphatic rings. The van der Waals surface area contributed by atoms with Gasteiger partial charge in [-0.2, -0.15) is 4.98 Å². The highest BCUT2D eigenvalue weighted by Gasteiger charge is 2.29. The number of benzene rings is 3. The minimum atomic E-state index is -0.421. The van der Waals surface area contributed by atoms with Gasteiger partial charge in [0.2, 0.25) is 11.7 Å². The first kappa shape index (κ1) is 23.4. The third-order valence-electron chi connectivity index (χ3n) is 6.50. The highest BCUT2D eigenvalue weighted by molar-refractivity contribution is 6.09. The van der Waals surface area contributed by atoms with E-state index in [9.17, 15) is 14.9 Å². The summed E-state index contributed by atoms with van der Waals surface area (Å²) in [4.78, 5) is 33.0. The summed E-state index contributed by atoms with van der Waals surface area (Å²) in [7, 11) is 0. The first-order valence-corrected chi connectivity index (χ1v) is 11.8. The number of carbonyl (C=O) groups is 1. The summed E-state index contributed by atoms with van der Waals surface area (Å²) < 4.78 is 5.53. The van der Waals surface area contributed by atoms with Crippen LogP contribution in [0, 0.1) is 10.1 Å². The summed E-state index contributed by atoms with van der Waals surface area (Å²) in [5, 5.41) is 16.0. The molecule has 182 valence electrons. The van der Waals surface area contributed by atoms with Crippen molar-refractivity contribution in [1.82, 2.24) is 15.0 Å². The highest BCUT2D eigenvalue weighted by atomic mass is 16.6. The van der Waals surface area contributed by atoms with Crippen molar-refractivity contribution in [3.05, 3.63) is 106 Å². The third-order valence-corrected chi connectivity index (χ3v) is 6.50. The number of rotatable bonds is 7. The molecule has 0 amide bonds. The summed E-state index contributed by atoms with van der Waals surface area (Å²) in [5.41, 5.74) is 2.14. The van der Waals surface area contributed by atoms with Crippen molar-refractivity contribution in [2.45, 2.75) is 13.0 Å². The maximum absolute atomic E-state index is 12.8. The largest absolute Gasteiger partial charge is 0.363 e. The van der Waals surface area contributed by atoms with Crippen molar-refractivity contribution in [1.29, 1.82) is 0 Å². The molecule has 0 bridgehead atoms. The van der Waals surface area contributed by atoms with Gasteiger partial charge in [-0.05, 0) is 19.1 Å². The zero-order chi connectivity index (χ0) is 25.1. The lowest BCUT2D eigenvalue weighted by molar-refractivity contribution is -0.384. The molecule has 1 atom stereocenters. The quantitative estimate of drug-likeness (QED) is 0.210. The molecule has 3 aromatic carbocycles. The molecule has 1 saturated heterocycles. The van der Waals surface area contributed by atoms with Crippen LogP contribution in [0.15, 0.2) is 83.4 Å². The first-order valence-electron chi connectivity index (χ1n) is 11.8. The van der Waals surface area contributed by atoms with Gasteiger partial charge in [-0.15, -0.1) is 0 Å². The molecule has 36 heavy (non-hydrogen) atoms. The predicted molar refractivity (Wildman–Crippen MR) is 135 cm³/mol. The summed E-state index contributed by atoms with van der Waals surface area (Å²) in [6.07, 6.45) is 0. The van der Waals surface area contributed by atoms with Crippen LogP contribution in [0.5, 0.6) is 0 Å². The molecular formula is C27H25N5O4. The van der Waals surface area contributed by atoms with Crippen LogP contribution in [-0.2, 0) is 0 Å². The van der Waals surface area contributed by atoms with E-state index in [1.165, 1.54) is 6.07 Å². The van der Waals surface area contributed by atoms with Crippen LogP contribution in [-0.4, -0.2) is 51.9 Å². The fourth-order valence-electron chi connectivity index (χ4n) is 4.45. The van der Waals surface area contributed by atoms with Crippen LogP contribution >= 0.6 is 0 Å². The second kappa shape index (κ2) is 10.1. The Hall–Kier alpha value is -4.37. The molecule has 9 nitrogen and oxygen atoms in total. The van der Waals surface area contributed by atoms with E-state index in [0.717, 1.165) is 5.56 Å². The lowest BCUT2D eigenvalue weighted by atomic mass is 10.0. The number of ketones is 1. The minimum Gasteiger partial charge on any atom is -0.363 e. The predicted octanol–water partition coefficient (Wildman–Crippen LogP) is 4.76. The van der Waals surface area contributed by atoms with Crippen LogP contribution in [0.2, 0.25) is 0 Å². The number of piperazine rings is 1. The molecule has 2 heterocycles. The monoisotopic (exact) mass is 483 g/mol. The smallest absolute Gasteiger partial charge is 0.293 e.